The molecule has 35 heavy (non-hydrogen) atoms. The zero-order valence-corrected chi connectivity index (χ0v) is 21.8. The van der Waals surface area contributed by atoms with Gasteiger partial charge in [0, 0.05) is 53.8 Å². The zero-order valence-electron chi connectivity index (χ0n) is 21.0. The Morgan fingerprint density at radius 2 is 2.11 bits per heavy atom. The molecule has 2 aromatic heterocycles. The molecular formula is C26H35N5O3S. The number of hydrogen-bond donors (Lipinski definition) is 2. The Hall–Kier alpha value is -2.62. The number of urea groups is 1. The second-order valence-electron chi connectivity index (χ2n) is 10.1. The van der Waals surface area contributed by atoms with E-state index in [4.69, 9.17) is 4.74 Å². The van der Waals surface area contributed by atoms with Gasteiger partial charge in [-0.2, -0.15) is 0 Å². The summed E-state index contributed by atoms with van der Waals surface area (Å²) in [5, 5.41) is 18.0. The second-order valence-corrected chi connectivity index (χ2v) is 11.1. The van der Waals surface area contributed by atoms with Crippen molar-refractivity contribution in [3.63, 3.8) is 0 Å². The Bertz CT molecular complexity index is 1200. The van der Waals surface area contributed by atoms with E-state index in [9.17, 15) is 9.90 Å². The molecule has 2 aliphatic heterocycles. The van der Waals surface area contributed by atoms with Crippen LogP contribution in [0, 0.1) is 0 Å². The van der Waals surface area contributed by atoms with Gasteiger partial charge in [-0.3, -0.25) is 4.90 Å². The van der Waals surface area contributed by atoms with Gasteiger partial charge in [0.25, 0.3) is 0 Å². The van der Waals surface area contributed by atoms with E-state index in [2.05, 4.69) is 31.9 Å². The van der Waals surface area contributed by atoms with Gasteiger partial charge in [0.05, 0.1) is 31.8 Å². The van der Waals surface area contributed by atoms with Crippen molar-refractivity contribution >= 4 is 28.3 Å². The van der Waals surface area contributed by atoms with Crippen LogP contribution < -0.4 is 10.1 Å². The number of rotatable bonds is 5. The molecule has 0 bridgehead atoms. The third-order valence-electron chi connectivity index (χ3n) is 7.65. The number of hydrogen-bond acceptors (Lipinski definition) is 6. The first kappa shape index (κ1) is 24.1. The summed E-state index contributed by atoms with van der Waals surface area (Å²) in [6, 6.07) is 5.74. The van der Waals surface area contributed by atoms with Crippen LogP contribution in [0.15, 0.2) is 29.8 Å². The minimum atomic E-state index is -0.397. The van der Waals surface area contributed by atoms with E-state index >= 15 is 0 Å². The first-order chi connectivity index (χ1) is 16.9. The molecule has 4 heterocycles. The molecule has 188 valence electrons. The molecule has 0 aliphatic carbocycles. The van der Waals surface area contributed by atoms with Crippen LogP contribution in [0.25, 0.3) is 10.9 Å². The molecule has 2 aliphatic rings. The largest absolute Gasteiger partial charge is 0.497 e. The zero-order chi connectivity index (χ0) is 24.7. The number of benzene rings is 1. The van der Waals surface area contributed by atoms with Crippen LogP contribution in [-0.2, 0) is 19.0 Å². The maximum Gasteiger partial charge on any atom is 0.318 e. The molecule has 5 rings (SSSR count). The maximum atomic E-state index is 13.4. The summed E-state index contributed by atoms with van der Waals surface area (Å²) in [5.74, 6) is 0.803. The molecule has 0 radical (unpaired) electrons. The summed E-state index contributed by atoms with van der Waals surface area (Å²) in [4.78, 5) is 22.2. The summed E-state index contributed by atoms with van der Waals surface area (Å²) in [6.45, 7) is 7.16. The Kier molecular flexibility index (Phi) is 6.50. The number of aromatic nitrogens is 2. The van der Waals surface area contributed by atoms with Gasteiger partial charge in [-0.1, -0.05) is 0 Å². The van der Waals surface area contributed by atoms with Gasteiger partial charge in [0.2, 0.25) is 0 Å². The summed E-state index contributed by atoms with van der Waals surface area (Å²) in [7, 11) is 3.72. The van der Waals surface area contributed by atoms with E-state index in [-0.39, 0.29) is 24.1 Å². The van der Waals surface area contributed by atoms with Crippen LogP contribution in [0.3, 0.4) is 0 Å². The summed E-state index contributed by atoms with van der Waals surface area (Å²) in [6.07, 6.45) is 3.75. The number of ether oxygens (including phenoxy) is 1. The first-order valence-corrected chi connectivity index (χ1v) is 13.2. The van der Waals surface area contributed by atoms with E-state index < -0.39 is 6.04 Å². The molecule has 2 amide bonds. The number of nitrogens with zero attached hydrogens (tertiary/aromatic N) is 4. The number of carbonyl (C=O) groups is 1. The highest BCUT2D eigenvalue weighted by atomic mass is 32.1. The van der Waals surface area contributed by atoms with Gasteiger partial charge >= 0.3 is 6.03 Å². The number of fused-ring (bicyclic) bond motifs is 4. The monoisotopic (exact) mass is 497 g/mol. The number of aliphatic hydroxyl groups is 1. The van der Waals surface area contributed by atoms with Crippen LogP contribution in [0.4, 0.5) is 4.79 Å². The molecule has 8 nitrogen and oxygen atoms in total. The van der Waals surface area contributed by atoms with Crippen molar-refractivity contribution in [3.05, 3.63) is 46.0 Å². The minimum Gasteiger partial charge on any atom is -0.497 e. The Balaban J connectivity index is 1.59. The third kappa shape index (κ3) is 4.19. The standard InChI is InChI=1S/C26H35N5O3S/c1-17(2)28-25(33)31-16-26(7-10-30(11-8-26)14-22-27-9-12-35-22)23-19-6-5-18(34-4)13-20(19)29(3)24(23)21(31)15-32/h5-6,9,12-13,17,21,32H,7-8,10-11,14-16H2,1-4H3,(H,28,33)/t21-/m1/s1. The number of likely N-dealkylation sites (tertiary alicyclic amines) is 1. The fourth-order valence-electron chi connectivity index (χ4n) is 5.97. The number of piperidine rings is 1. The van der Waals surface area contributed by atoms with E-state index in [1.807, 2.05) is 43.4 Å². The maximum absolute atomic E-state index is 13.4. The summed E-state index contributed by atoms with van der Waals surface area (Å²) in [5.41, 5.74) is 3.22. The van der Waals surface area contributed by atoms with Crippen molar-refractivity contribution in [2.24, 2.45) is 7.05 Å². The average molecular weight is 498 g/mol. The van der Waals surface area contributed by atoms with Gasteiger partial charge in [0.1, 0.15) is 10.8 Å². The van der Waals surface area contributed by atoms with Crippen LogP contribution in [0.2, 0.25) is 0 Å². The van der Waals surface area contributed by atoms with E-state index in [1.165, 1.54) is 10.9 Å². The SMILES string of the molecule is COc1ccc2c3c(n(C)c2c1)[C@@H](CO)N(C(=O)NC(C)C)CC31CCN(Cc2nccs2)CC1. The molecule has 1 saturated heterocycles. The quantitative estimate of drug-likeness (QED) is 0.562. The fraction of sp³-hybridized carbons (Fsp3) is 0.538. The lowest BCUT2D eigenvalue weighted by molar-refractivity contribution is 0.0640. The molecule has 1 atom stereocenters. The minimum absolute atomic E-state index is 0.0241. The molecule has 1 fully saturated rings. The molecule has 1 spiro atoms. The van der Waals surface area contributed by atoms with Crippen LogP contribution >= 0.6 is 11.3 Å². The van der Waals surface area contributed by atoms with E-state index in [1.54, 1.807) is 18.4 Å². The molecule has 3 aromatic rings. The van der Waals surface area contributed by atoms with Gasteiger partial charge in [-0.15, -0.1) is 11.3 Å². The number of aliphatic hydroxyl groups excluding tert-OH is 1. The molecule has 9 heteroatoms. The normalized spacial score (nSPS) is 19.9. The molecular weight excluding hydrogens is 462 g/mol. The Labute approximate surface area is 210 Å². The second kappa shape index (κ2) is 9.44. The molecule has 0 saturated carbocycles. The number of carbonyl (C=O) groups excluding carboxylic acids is 1. The predicted molar refractivity (Wildman–Crippen MR) is 138 cm³/mol. The third-order valence-corrected chi connectivity index (χ3v) is 8.41. The van der Waals surface area contributed by atoms with Gasteiger partial charge in [-0.25, -0.2) is 9.78 Å². The van der Waals surface area contributed by atoms with Crippen molar-refractivity contribution in [2.75, 3.05) is 33.4 Å². The van der Waals surface area contributed by atoms with Gasteiger partial charge < -0.3 is 24.6 Å². The molecule has 0 unspecified atom stereocenters. The Morgan fingerprint density at radius 3 is 2.74 bits per heavy atom. The summed E-state index contributed by atoms with van der Waals surface area (Å²) >= 11 is 1.70. The van der Waals surface area contributed by atoms with Crippen LogP contribution in [0.5, 0.6) is 5.75 Å². The number of thiazole rings is 1. The highest BCUT2D eigenvalue weighted by Crippen LogP contribution is 2.50. The predicted octanol–water partition coefficient (Wildman–Crippen LogP) is 3.64. The number of aryl methyl sites for hydroxylation is 1. The lowest BCUT2D eigenvalue weighted by atomic mass is 9.68. The number of nitrogens with one attached hydrogen (secondary N) is 1. The molecule has 1 aromatic carbocycles. The van der Waals surface area contributed by atoms with Gasteiger partial charge in [0.15, 0.2) is 0 Å². The van der Waals surface area contributed by atoms with Crippen molar-refractivity contribution in [3.8, 4) is 5.75 Å². The molecule has 2 N–H and O–H groups in total. The van der Waals surface area contributed by atoms with Crippen LogP contribution in [0.1, 0.15) is 49.0 Å². The Morgan fingerprint density at radius 1 is 1.34 bits per heavy atom. The lowest BCUT2D eigenvalue weighted by Crippen LogP contribution is -2.57. The van der Waals surface area contributed by atoms with Crippen molar-refractivity contribution < 1.29 is 14.6 Å². The number of methoxy groups -OCH3 is 1. The van der Waals surface area contributed by atoms with Crippen molar-refractivity contribution in [1.29, 1.82) is 0 Å². The van der Waals surface area contributed by atoms with Crippen molar-refractivity contribution in [2.45, 2.75) is 50.7 Å². The van der Waals surface area contributed by atoms with E-state index in [0.29, 0.717) is 6.54 Å². The van der Waals surface area contributed by atoms with Gasteiger partial charge in [-0.05, 0) is 57.5 Å². The highest BCUT2D eigenvalue weighted by molar-refractivity contribution is 7.09. The van der Waals surface area contributed by atoms with Crippen LogP contribution in [-0.4, -0.2) is 69.9 Å². The summed E-state index contributed by atoms with van der Waals surface area (Å²) < 4.78 is 7.68. The average Bonchev–Trinajstić information content (AvgIpc) is 3.46. The topological polar surface area (TPSA) is 82.9 Å². The van der Waals surface area contributed by atoms with Crippen molar-refractivity contribution in [1.82, 2.24) is 24.7 Å². The van der Waals surface area contributed by atoms with E-state index in [0.717, 1.165) is 54.4 Å². The first-order valence-electron chi connectivity index (χ1n) is 12.3. The smallest absolute Gasteiger partial charge is 0.318 e. The lowest BCUT2D eigenvalue weighted by Gasteiger charge is -2.50. The fourth-order valence-corrected chi connectivity index (χ4v) is 6.63. The number of amides is 2. The highest BCUT2D eigenvalue weighted by Gasteiger charge is 2.49.